The second-order valence-corrected chi connectivity index (χ2v) is 9.85. The van der Waals surface area contributed by atoms with Crippen molar-refractivity contribution in [1.29, 1.82) is 0 Å². The van der Waals surface area contributed by atoms with E-state index < -0.39 is 0 Å². The lowest BCUT2D eigenvalue weighted by molar-refractivity contribution is 0.660. The maximum absolute atomic E-state index is 2.39. The molecule has 34 heavy (non-hydrogen) atoms. The van der Waals surface area contributed by atoms with Gasteiger partial charge in [-0.2, -0.15) is 0 Å². The summed E-state index contributed by atoms with van der Waals surface area (Å²) in [6.45, 7) is 4.67. The van der Waals surface area contributed by atoms with Crippen LogP contribution >= 0.6 is 0 Å². The Bertz CT molecular complexity index is 1720. The fraction of sp³-hybridized carbons (Fsp3) is 0.0909. The van der Waals surface area contributed by atoms with Gasteiger partial charge in [0.25, 0.3) is 0 Å². The van der Waals surface area contributed by atoms with Crippen LogP contribution in [0.3, 0.4) is 0 Å². The van der Waals surface area contributed by atoms with E-state index in [1.807, 2.05) is 0 Å². The number of rotatable bonds is 2. The minimum Gasteiger partial charge on any atom is -0.309 e. The van der Waals surface area contributed by atoms with E-state index in [9.17, 15) is 0 Å². The highest BCUT2D eigenvalue weighted by Crippen LogP contribution is 2.49. The Morgan fingerprint density at radius 3 is 2.03 bits per heavy atom. The molecule has 0 spiro atoms. The molecular formula is C33H25N. The van der Waals surface area contributed by atoms with Crippen molar-refractivity contribution >= 4 is 21.8 Å². The van der Waals surface area contributed by atoms with Crippen molar-refractivity contribution in [1.82, 2.24) is 4.57 Å². The molecule has 5 aromatic carbocycles. The first-order valence-corrected chi connectivity index (χ1v) is 12.0. The van der Waals surface area contributed by atoms with Gasteiger partial charge in [-0.05, 0) is 63.7 Å². The normalized spacial score (nSPS) is 13.8. The van der Waals surface area contributed by atoms with Crippen LogP contribution in [0.25, 0.3) is 49.7 Å². The molecule has 0 N–H and O–H groups in total. The average molecular weight is 436 g/mol. The summed E-state index contributed by atoms with van der Waals surface area (Å²) in [5, 5.41) is 2.58. The lowest BCUT2D eigenvalue weighted by Crippen LogP contribution is -2.14. The van der Waals surface area contributed by atoms with Crippen molar-refractivity contribution in [3.63, 3.8) is 0 Å². The molecule has 1 aliphatic carbocycles. The zero-order valence-corrected chi connectivity index (χ0v) is 19.4. The van der Waals surface area contributed by atoms with Gasteiger partial charge in [-0.1, -0.05) is 98.8 Å². The van der Waals surface area contributed by atoms with Crippen LogP contribution in [-0.2, 0) is 5.41 Å². The molecule has 0 fully saturated rings. The van der Waals surface area contributed by atoms with Gasteiger partial charge in [0, 0.05) is 21.9 Å². The van der Waals surface area contributed by atoms with Gasteiger partial charge in [0.2, 0.25) is 0 Å². The molecule has 1 aliphatic rings. The molecule has 0 bridgehead atoms. The van der Waals surface area contributed by atoms with E-state index in [4.69, 9.17) is 0 Å². The van der Waals surface area contributed by atoms with Crippen molar-refractivity contribution in [2.45, 2.75) is 19.3 Å². The lowest BCUT2D eigenvalue weighted by Gasteiger charge is -2.21. The number of fused-ring (bicyclic) bond motifs is 6. The fourth-order valence-electron chi connectivity index (χ4n) is 5.91. The summed E-state index contributed by atoms with van der Waals surface area (Å²) < 4.78 is 2.39. The van der Waals surface area contributed by atoms with Crippen LogP contribution in [0, 0.1) is 0 Å². The van der Waals surface area contributed by atoms with E-state index >= 15 is 0 Å². The van der Waals surface area contributed by atoms with Gasteiger partial charge in [0.1, 0.15) is 0 Å². The lowest BCUT2D eigenvalue weighted by atomic mass is 9.82. The Balaban J connectivity index is 1.47. The Kier molecular flexibility index (Phi) is 3.96. The van der Waals surface area contributed by atoms with Crippen LogP contribution in [0.4, 0.5) is 0 Å². The summed E-state index contributed by atoms with van der Waals surface area (Å²) in [5.41, 5.74) is 11.8. The number of hydrogen-bond donors (Lipinski definition) is 0. The third kappa shape index (κ3) is 2.61. The highest BCUT2D eigenvalue weighted by Gasteiger charge is 2.35. The van der Waals surface area contributed by atoms with E-state index in [0.717, 1.165) is 0 Å². The van der Waals surface area contributed by atoms with E-state index in [-0.39, 0.29) is 5.41 Å². The summed E-state index contributed by atoms with van der Waals surface area (Å²) in [4.78, 5) is 0. The molecule has 0 amide bonds. The third-order valence-corrected chi connectivity index (χ3v) is 7.60. The highest BCUT2D eigenvalue weighted by molar-refractivity contribution is 6.10. The van der Waals surface area contributed by atoms with E-state index in [1.54, 1.807) is 0 Å². The SMILES string of the molecule is CC1(C)c2ccccc2-c2cc(-c3ccc4c5ccccc5n(-c5ccccc5)c4c3)ccc21. The maximum atomic E-state index is 2.39. The van der Waals surface area contributed by atoms with Crippen LogP contribution < -0.4 is 0 Å². The average Bonchev–Trinajstić information content (AvgIpc) is 3.33. The first-order valence-electron chi connectivity index (χ1n) is 12.0. The third-order valence-electron chi connectivity index (χ3n) is 7.60. The van der Waals surface area contributed by atoms with E-state index in [2.05, 4.69) is 134 Å². The molecule has 0 atom stereocenters. The van der Waals surface area contributed by atoms with Gasteiger partial charge in [-0.3, -0.25) is 0 Å². The first kappa shape index (κ1) is 19.4. The summed E-state index contributed by atoms with van der Waals surface area (Å²) in [6, 6.07) is 42.2. The Morgan fingerprint density at radius 1 is 0.500 bits per heavy atom. The number of para-hydroxylation sites is 2. The van der Waals surface area contributed by atoms with Gasteiger partial charge < -0.3 is 4.57 Å². The first-order chi connectivity index (χ1) is 16.6. The number of aromatic nitrogens is 1. The van der Waals surface area contributed by atoms with Crippen molar-refractivity contribution in [2.75, 3.05) is 0 Å². The standard InChI is InChI=1S/C33H25N/c1-33(2)29-14-8-6-12-25(29)28-20-22(17-19-30(28)33)23-16-18-27-26-13-7-9-15-31(26)34(32(27)21-23)24-10-4-3-5-11-24/h3-21H,1-2H3. The van der Waals surface area contributed by atoms with Crippen LogP contribution in [0.2, 0.25) is 0 Å². The van der Waals surface area contributed by atoms with Gasteiger partial charge in [-0.25, -0.2) is 0 Å². The minimum atomic E-state index is 0.0359. The number of nitrogens with zero attached hydrogens (tertiary/aromatic N) is 1. The van der Waals surface area contributed by atoms with E-state index in [0.29, 0.717) is 0 Å². The van der Waals surface area contributed by atoms with Crippen molar-refractivity contribution in [3.05, 3.63) is 126 Å². The minimum absolute atomic E-state index is 0.0359. The van der Waals surface area contributed by atoms with Crippen molar-refractivity contribution < 1.29 is 0 Å². The second kappa shape index (κ2) is 6.95. The molecule has 1 nitrogen and oxygen atoms in total. The van der Waals surface area contributed by atoms with Crippen molar-refractivity contribution in [2.24, 2.45) is 0 Å². The predicted molar refractivity (Wildman–Crippen MR) is 144 cm³/mol. The molecule has 7 rings (SSSR count). The van der Waals surface area contributed by atoms with Crippen LogP contribution in [0.5, 0.6) is 0 Å². The Morgan fingerprint density at radius 2 is 1.15 bits per heavy atom. The maximum Gasteiger partial charge on any atom is 0.0547 e. The molecule has 0 radical (unpaired) electrons. The predicted octanol–water partition coefficient (Wildman–Crippen LogP) is 8.76. The topological polar surface area (TPSA) is 4.93 Å². The summed E-state index contributed by atoms with van der Waals surface area (Å²) in [5.74, 6) is 0. The molecule has 0 unspecified atom stereocenters. The summed E-state index contributed by atoms with van der Waals surface area (Å²) in [6.07, 6.45) is 0. The number of benzene rings is 5. The van der Waals surface area contributed by atoms with Gasteiger partial charge in [0.05, 0.1) is 11.0 Å². The van der Waals surface area contributed by atoms with Gasteiger partial charge >= 0.3 is 0 Å². The summed E-state index contributed by atoms with van der Waals surface area (Å²) >= 11 is 0. The molecule has 0 saturated carbocycles. The molecule has 1 heterocycles. The Labute approximate surface area is 199 Å². The monoisotopic (exact) mass is 435 g/mol. The van der Waals surface area contributed by atoms with Crippen LogP contribution in [0.1, 0.15) is 25.0 Å². The van der Waals surface area contributed by atoms with Crippen LogP contribution in [-0.4, -0.2) is 4.57 Å². The molecule has 0 aliphatic heterocycles. The summed E-state index contributed by atoms with van der Waals surface area (Å²) in [7, 11) is 0. The van der Waals surface area contributed by atoms with Crippen LogP contribution in [0.15, 0.2) is 115 Å². The fourth-order valence-corrected chi connectivity index (χ4v) is 5.91. The Hall–Kier alpha value is -4.10. The molecule has 1 aromatic heterocycles. The van der Waals surface area contributed by atoms with Crippen molar-refractivity contribution in [3.8, 4) is 27.9 Å². The quantitative estimate of drug-likeness (QED) is 0.256. The zero-order valence-electron chi connectivity index (χ0n) is 19.4. The highest BCUT2D eigenvalue weighted by atomic mass is 15.0. The van der Waals surface area contributed by atoms with Gasteiger partial charge in [0.15, 0.2) is 0 Å². The molecule has 0 saturated heterocycles. The largest absolute Gasteiger partial charge is 0.309 e. The number of hydrogen-bond acceptors (Lipinski definition) is 0. The molecular weight excluding hydrogens is 410 g/mol. The molecule has 6 aromatic rings. The molecule has 162 valence electrons. The molecule has 1 heteroatoms. The second-order valence-electron chi connectivity index (χ2n) is 9.85. The van der Waals surface area contributed by atoms with Gasteiger partial charge in [-0.15, -0.1) is 0 Å². The zero-order chi connectivity index (χ0) is 22.9. The van der Waals surface area contributed by atoms with E-state index in [1.165, 1.54) is 60.9 Å². The smallest absolute Gasteiger partial charge is 0.0547 e.